The second-order valence-corrected chi connectivity index (χ2v) is 7.05. The molecular formula is C14H16N2O4S. The number of benzene rings is 1. The summed E-state index contributed by atoms with van der Waals surface area (Å²) in [7, 11) is -3.91. The van der Waals surface area contributed by atoms with Gasteiger partial charge < -0.3 is 5.11 Å². The van der Waals surface area contributed by atoms with E-state index in [0.29, 0.717) is 18.4 Å². The van der Waals surface area contributed by atoms with Crippen LogP contribution in [-0.4, -0.2) is 25.0 Å². The highest BCUT2D eigenvalue weighted by molar-refractivity contribution is 7.89. The third-order valence-corrected chi connectivity index (χ3v) is 5.29. The molecule has 1 fully saturated rings. The molecule has 1 unspecified atom stereocenters. The predicted molar refractivity (Wildman–Crippen MR) is 74.8 cm³/mol. The van der Waals surface area contributed by atoms with Crippen molar-refractivity contribution in [3.05, 3.63) is 29.8 Å². The topological polar surface area (TPSA) is 107 Å². The van der Waals surface area contributed by atoms with Crippen molar-refractivity contribution < 1.29 is 18.3 Å². The lowest BCUT2D eigenvalue weighted by atomic mass is 9.98. The van der Waals surface area contributed by atoms with E-state index in [1.54, 1.807) is 12.1 Å². The van der Waals surface area contributed by atoms with Crippen LogP contribution < -0.4 is 4.72 Å². The Labute approximate surface area is 123 Å². The predicted octanol–water partition coefficient (Wildman–Crippen LogP) is 1.28. The normalized spacial score (nSPS) is 17.7. The van der Waals surface area contributed by atoms with Gasteiger partial charge in [0, 0.05) is 0 Å². The average Bonchev–Trinajstić information content (AvgIpc) is 3.23. The SMILES string of the molecule is CC(NS(=O)(=O)c1ccc(CC#N)cc1)(C(=O)O)C1CC1. The highest BCUT2D eigenvalue weighted by Gasteiger charge is 2.50. The first-order valence-corrected chi connectivity index (χ1v) is 8.01. The molecule has 1 aromatic carbocycles. The van der Waals surface area contributed by atoms with E-state index in [0.717, 1.165) is 0 Å². The van der Waals surface area contributed by atoms with Gasteiger partial charge in [-0.25, -0.2) is 8.42 Å². The molecule has 0 amide bonds. The van der Waals surface area contributed by atoms with Crippen molar-refractivity contribution in [2.75, 3.05) is 0 Å². The number of rotatable bonds is 6. The van der Waals surface area contributed by atoms with Gasteiger partial charge in [-0.05, 0) is 43.4 Å². The quantitative estimate of drug-likeness (QED) is 0.823. The highest BCUT2D eigenvalue weighted by atomic mass is 32.2. The number of carboxylic acid groups (broad SMARTS) is 1. The molecule has 21 heavy (non-hydrogen) atoms. The molecule has 0 heterocycles. The van der Waals surface area contributed by atoms with E-state index in [2.05, 4.69) is 4.72 Å². The number of carbonyl (C=O) groups is 1. The molecule has 2 rings (SSSR count). The standard InChI is InChI=1S/C14H16N2O4S/c1-14(13(17)18,11-4-5-11)16-21(19,20)12-6-2-10(3-7-12)8-9-15/h2-3,6-7,11,16H,4-5,8H2,1H3,(H,17,18). The molecule has 7 heteroatoms. The first-order chi connectivity index (χ1) is 9.79. The van der Waals surface area contributed by atoms with Crippen LogP contribution in [0, 0.1) is 17.2 Å². The van der Waals surface area contributed by atoms with Gasteiger partial charge in [0.05, 0.1) is 17.4 Å². The number of nitrogens with one attached hydrogen (secondary N) is 1. The van der Waals surface area contributed by atoms with Crippen LogP contribution in [0.2, 0.25) is 0 Å². The van der Waals surface area contributed by atoms with Gasteiger partial charge in [0.1, 0.15) is 5.54 Å². The van der Waals surface area contributed by atoms with E-state index < -0.39 is 21.5 Å². The molecular weight excluding hydrogens is 292 g/mol. The van der Waals surface area contributed by atoms with Crippen molar-refractivity contribution >= 4 is 16.0 Å². The lowest BCUT2D eigenvalue weighted by Crippen LogP contribution is -2.53. The largest absolute Gasteiger partial charge is 0.480 e. The zero-order chi connectivity index (χ0) is 15.7. The Balaban J connectivity index is 2.25. The zero-order valence-electron chi connectivity index (χ0n) is 11.5. The summed E-state index contributed by atoms with van der Waals surface area (Å²) in [5, 5.41) is 17.9. The minimum atomic E-state index is -3.91. The Morgan fingerprint density at radius 2 is 2.00 bits per heavy atom. The van der Waals surface area contributed by atoms with Gasteiger partial charge in [-0.1, -0.05) is 12.1 Å². The second-order valence-electron chi connectivity index (χ2n) is 5.37. The average molecular weight is 308 g/mol. The molecule has 0 aromatic heterocycles. The minimum Gasteiger partial charge on any atom is -0.480 e. The Morgan fingerprint density at radius 1 is 1.43 bits per heavy atom. The van der Waals surface area contributed by atoms with Crippen LogP contribution >= 0.6 is 0 Å². The van der Waals surface area contributed by atoms with E-state index in [9.17, 15) is 18.3 Å². The Morgan fingerprint density at radius 3 is 2.43 bits per heavy atom. The van der Waals surface area contributed by atoms with E-state index >= 15 is 0 Å². The first kappa shape index (κ1) is 15.5. The van der Waals surface area contributed by atoms with Gasteiger partial charge in [0.15, 0.2) is 0 Å². The van der Waals surface area contributed by atoms with Gasteiger partial charge in [-0.3, -0.25) is 4.79 Å². The number of hydrogen-bond acceptors (Lipinski definition) is 4. The maximum Gasteiger partial charge on any atom is 0.324 e. The van der Waals surface area contributed by atoms with Crippen LogP contribution in [0.4, 0.5) is 0 Å². The van der Waals surface area contributed by atoms with Crippen molar-refractivity contribution in [1.82, 2.24) is 4.72 Å². The lowest BCUT2D eigenvalue weighted by Gasteiger charge is -2.25. The van der Waals surface area contributed by atoms with Gasteiger partial charge in [0.2, 0.25) is 10.0 Å². The number of aliphatic carboxylic acids is 1. The molecule has 1 saturated carbocycles. The molecule has 1 atom stereocenters. The van der Waals surface area contributed by atoms with E-state index in [4.69, 9.17) is 5.26 Å². The van der Waals surface area contributed by atoms with Crippen LogP contribution in [0.5, 0.6) is 0 Å². The Hall–Kier alpha value is -1.91. The van der Waals surface area contributed by atoms with Crippen LogP contribution in [0.25, 0.3) is 0 Å². The molecule has 0 radical (unpaired) electrons. The third kappa shape index (κ3) is 3.23. The molecule has 0 aliphatic heterocycles. The maximum absolute atomic E-state index is 12.3. The van der Waals surface area contributed by atoms with Crippen LogP contribution in [-0.2, 0) is 21.2 Å². The fourth-order valence-corrected chi connectivity index (χ4v) is 3.60. The third-order valence-electron chi connectivity index (χ3n) is 3.70. The fraction of sp³-hybridized carbons (Fsp3) is 0.429. The maximum atomic E-state index is 12.3. The van der Waals surface area contributed by atoms with Crippen molar-refractivity contribution in [3.8, 4) is 6.07 Å². The van der Waals surface area contributed by atoms with Crippen molar-refractivity contribution in [2.45, 2.75) is 36.6 Å². The summed E-state index contributed by atoms with van der Waals surface area (Å²) in [5.41, 5.74) is -0.774. The van der Waals surface area contributed by atoms with E-state index in [1.165, 1.54) is 19.1 Å². The van der Waals surface area contributed by atoms with Crippen LogP contribution in [0.3, 0.4) is 0 Å². The first-order valence-electron chi connectivity index (χ1n) is 6.53. The minimum absolute atomic E-state index is 0.00249. The molecule has 6 nitrogen and oxygen atoms in total. The summed E-state index contributed by atoms with van der Waals surface area (Å²) in [6.45, 7) is 1.40. The highest BCUT2D eigenvalue weighted by Crippen LogP contribution is 2.40. The Kier molecular flexibility index (Phi) is 4.03. The number of hydrogen-bond donors (Lipinski definition) is 2. The molecule has 0 bridgehead atoms. The Bertz CT molecular complexity index is 687. The molecule has 2 N–H and O–H groups in total. The molecule has 0 spiro atoms. The number of sulfonamides is 1. The van der Waals surface area contributed by atoms with Gasteiger partial charge in [-0.15, -0.1) is 0 Å². The molecule has 112 valence electrons. The monoisotopic (exact) mass is 308 g/mol. The molecule has 1 aliphatic carbocycles. The van der Waals surface area contributed by atoms with Gasteiger partial charge in [-0.2, -0.15) is 9.98 Å². The number of nitrogens with zero attached hydrogens (tertiary/aromatic N) is 1. The van der Waals surface area contributed by atoms with Crippen LogP contribution in [0.15, 0.2) is 29.2 Å². The van der Waals surface area contributed by atoms with Gasteiger partial charge >= 0.3 is 5.97 Å². The summed E-state index contributed by atoms with van der Waals surface area (Å²) in [5.74, 6) is -1.35. The number of carboxylic acids is 1. The molecule has 1 aromatic rings. The summed E-state index contributed by atoms with van der Waals surface area (Å²) in [6, 6.07) is 7.83. The van der Waals surface area contributed by atoms with E-state index in [-0.39, 0.29) is 17.2 Å². The van der Waals surface area contributed by atoms with Crippen molar-refractivity contribution in [2.24, 2.45) is 5.92 Å². The zero-order valence-corrected chi connectivity index (χ0v) is 12.4. The van der Waals surface area contributed by atoms with E-state index in [1.807, 2.05) is 6.07 Å². The van der Waals surface area contributed by atoms with Crippen molar-refractivity contribution in [3.63, 3.8) is 0 Å². The summed E-state index contributed by atoms with van der Waals surface area (Å²) in [6.07, 6.45) is 1.60. The summed E-state index contributed by atoms with van der Waals surface area (Å²) >= 11 is 0. The van der Waals surface area contributed by atoms with Gasteiger partial charge in [0.25, 0.3) is 0 Å². The fourth-order valence-electron chi connectivity index (χ4n) is 2.18. The van der Waals surface area contributed by atoms with Crippen LogP contribution in [0.1, 0.15) is 25.3 Å². The second kappa shape index (κ2) is 5.47. The lowest BCUT2D eigenvalue weighted by molar-refractivity contribution is -0.144. The summed E-state index contributed by atoms with van der Waals surface area (Å²) in [4.78, 5) is 11.4. The summed E-state index contributed by atoms with van der Waals surface area (Å²) < 4.78 is 26.9. The van der Waals surface area contributed by atoms with Crippen molar-refractivity contribution in [1.29, 1.82) is 5.26 Å². The number of nitriles is 1. The molecule has 0 saturated heterocycles. The molecule has 1 aliphatic rings. The smallest absolute Gasteiger partial charge is 0.324 e.